The first-order valence-corrected chi connectivity index (χ1v) is 9.62. The van der Waals surface area contributed by atoms with Gasteiger partial charge >= 0.3 is 0 Å². The Balaban J connectivity index is 1.49. The quantitative estimate of drug-likeness (QED) is 0.530. The summed E-state index contributed by atoms with van der Waals surface area (Å²) in [5.74, 6) is -0.121. The third-order valence-corrected chi connectivity index (χ3v) is 6.04. The lowest BCUT2D eigenvalue weighted by molar-refractivity contribution is 0.0959. The number of rotatable bonds is 4. The molecule has 0 atom stereocenters. The highest BCUT2D eigenvalue weighted by atomic mass is 32.1. The van der Waals surface area contributed by atoms with Gasteiger partial charge < -0.3 is 4.98 Å². The highest BCUT2D eigenvalue weighted by Gasteiger charge is 2.16. The Labute approximate surface area is 151 Å². The number of amides is 1. The van der Waals surface area contributed by atoms with E-state index >= 15 is 0 Å². The number of carbonyl (C=O) groups excluding carboxylic acids is 1. The third-order valence-electron chi connectivity index (χ3n) is 4.80. The Morgan fingerprint density at radius 3 is 3.08 bits per heavy atom. The Bertz CT molecular complexity index is 928. The Morgan fingerprint density at radius 2 is 2.24 bits per heavy atom. The molecule has 0 bridgehead atoms. The summed E-state index contributed by atoms with van der Waals surface area (Å²) in [6, 6.07) is 8.28. The zero-order valence-electron chi connectivity index (χ0n) is 14.3. The molecule has 0 spiro atoms. The van der Waals surface area contributed by atoms with Gasteiger partial charge in [-0.25, -0.2) is 5.43 Å². The van der Waals surface area contributed by atoms with Gasteiger partial charge in [-0.05, 0) is 49.3 Å². The lowest BCUT2D eigenvalue weighted by atomic mass is 9.99. The Hall–Kier alpha value is -2.40. The number of nitrogens with one attached hydrogen (secondary N) is 2. The number of aryl methyl sites for hydroxylation is 3. The minimum Gasteiger partial charge on any atom is -0.360 e. The van der Waals surface area contributed by atoms with Gasteiger partial charge in [0.2, 0.25) is 0 Å². The van der Waals surface area contributed by atoms with Gasteiger partial charge in [0.05, 0.1) is 11.1 Å². The molecule has 0 unspecified atom stereocenters. The SMILES string of the molecule is CCc1cccc2c(C=NNC(=O)c3cc4c(s3)CCCC4)c[nH]c12. The van der Waals surface area contributed by atoms with Crippen LogP contribution in [0.15, 0.2) is 35.6 Å². The van der Waals surface area contributed by atoms with Crippen LogP contribution in [0.2, 0.25) is 0 Å². The number of nitrogens with zero attached hydrogens (tertiary/aromatic N) is 1. The zero-order valence-corrected chi connectivity index (χ0v) is 15.1. The number of thiophene rings is 1. The smallest absolute Gasteiger partial charge is 0.281 e. The van der Waals surface area contributed by atoms with Crippen LogP contribution < -0.4 is 5.43 Å². The molecule has 0 fully saturated rings. The van der Waals surface area contributed by atoms with Crippen molar-refractivity contribution >= 4 is 34.4 Å². The zero-order chi connectivity index (χ0) is 17.2. The normalized spacial score (nSPS) is 14.1. The van der Waals surface area contributed by atoms with E-state index in [2.05, 4.69) is 40.6 Å². The van der Waals surface area contributed by atoms with Crippen molar-refractivity contribution in [3.8, 4) is 0 Å². The molecule has 0 radical (unpaired) electrons. The highest BCUT2D eigenvalue weighted by molar-refractivity contribution is 7.14. The van der Waals surface area contributed by atoms with E-state index in [1.165, 1.54) is 28.8 Å². The molecule has 1 aromatic carbocycles. The number of benzene rings is 1. The first-order chi connectivity index (χ1) is 12.3. The number of aromatic nitrogens is 1. The second-order valence-electron chi connectivity index (χ2n) is 6.40. The van der Waals surface area contributed by atoms with Gasteiger partial charge in [0, 0.05) is 27.5 Å². The number of para-hydroxylation sites is 1. The van der Waals surface area contributed by atoms with Crippen molar-refractivity contribution in [3.05, 3.63) is 56.9 Å². The monoisotopic (exact) mass is 351 g/mol. The summed E-state index contributed by atoms with van der Waals surface area (Å²) in [4.78, 5) is 17.8. The first-order valence-electron chi connectivity index (χ1n) is 8.80. The van der Waals surface area contributed by atoms with Crippen LogP contribution in [-0.2, 0) is 19.3 Å². The molecule has 5 heteroatoms. The van der Waals surface area contributed by atoms with Crippen molar-refractivity contribution in [2.75, 3.05) is 0 Å². The Morgan fingerprint density at radius 1 is 1.36 bits per heavy atom. The summed E-state index contributed by atoms with van der Waals surface area (Å²) in [6.45, 7) is 2.14. The maximum absolute atomic E-state index is 12.3. The van der Waals surface area contributed by atoms with Crippen molar-refractivity contribution in [1.29, 1.82) is 0 Å². The lowest BCUT2D eigenvalue weighted by Crippen LogP contribution is -2.16. The van der Waals surface area contributed by atoms with E-state index < -0.39 is 0 Å². The summed E-state index contributed by atoms with van der Waals surface area (Å²) < 4.78 is 0. The van der Waals surface area contributed by atoms with Gasteiger partial charge in [-0.2, -0.15) is 5.10 Å². The summed E-state index contributed by atoms with van der Waals surface area (Å²) in [5, 5.41) is 5.29. The number of carbonyl (C=O) groups is 1. The molecule has 1 amide bonds. The van der Waals surface area contributed by atoms with E-state index in [9.17, 15) is 4.79 Å². The van der Waals surface area contributed by atoms with Crippen LogP contribution in [0.4, 0.5) is 0 Å². The second kappa shape index (κ2) is 6.84. The van der Waals surface area contributed by atoms with E-state index in [0.717, 1.165) is 40.6 Å². The predicted octanol–water partition coefficient (Wildman–Crippen LogP) is 4.43. The van der Waals surface area contributed by atoms with E-state index in [4.69, 9.17) is 0 Å². The summed E-state index contributed by atoms with van der Waals surface area (Å²) in [5.41, 5.74) is 7.42. The fourth-order valence-electron chi connectivity index (χ4n) is 3.46. The molecule has 4 nitrogen and oxygen atoms in total. The minimum atomic E-state index is -0.121. The van der Waals surface area contributed by atoms with Crippen LogP contribution in [0.25, 0.3) is 10.9 Å². The maximum Gasteiger partial charge on any atom is 0.281 e. The molecule has 2 N–H and O–H groups in total. The molecule has 128 valence electrons. The van der Waals surface area contributed by atoms with E-state index in [1.54, 1.807) is 17.6 Å². The first kappa shape index (κ1) is 16.1. The van der Waals surface area contributed by atoms with E-state index in [-0.39, 0.29) is 5.91 Å². The number of hydrogen-bond donors (Lipinski definition) is 2. The summed E-state index contributed by atoms with van der Waals surface area (Å²) in [6.07, 6.45) is 9.28. The summed E-state index contributed by atoms with van der Waals surface area (Å²) in [7, 11) is 0. The van der Waals surface area contributed by atoms with Gasteiger partial charge in [-0.3, -0.25) is 4.79 Å². The molecule has 1 aliphatic carbocycles. The van der Waals surface area contributed by atoms with Gasteiger partial charge in [-0.1, -0.05) is 25.1 Å². The fraction of sp³-hybridized carbons (Fsp3) is 0.300. The Kier molecular flexibility index (Phi) is 4.40. The van der Waals surface area contributed by atoms with Crippen molar-refractivity contribution in [1.82, 2.24) is 10.4 Å². The van der Waals surface area contributed by atoms with Gasteiger partial charge in [0.1, 0.15) is 0 Å². The van der Waals surface area contributed by atoms with Crippen LogP contribution in [0.3, 0.4) is 0 Å². The number of hydrazone groups is 1. The van der Waals surface area contributed by atoms with E-state index in [0.29, 0.717) is 0 Å². The molecular weight excluding hydrogens is 330 g/mol. The predicted molar refractivity (Wildman–Crippen MR) is 104 cm³/mol. The van der Waals surface area contributed by atoms with Crippen molar-refractivity contribution in [2.24, 2.45) is 5.10 Å². The average Bonchev–Trinajstić information content (AvgIpc) is 3.25. The summed E-state index contributed by atoms with van der Waals surface area (Å²) >= 11 is 1.61. The van der Waals surface area contributed by atoms with Crippen molar-refractivity contribution < 1.29 is 4.79 Å². The van der Waals surface area contributed by atoms with Crippen molar-refractivity contribution in [3.63, 3.8) is 0 Å². The molecule has 0 aliphatic heterocycles. The van der Waals surface area contributed by atoms with Gasteiger partial charge in [0.15, 0.2) is 0 Å². The molecule has 2 heterocycles. The molecule has 2 aromatic heterocycles. The fourth-order valence-corrected chi connectivity index (χ4v) is 4.60. The third kappa shape index (κ3) is 3.12. The molecule has 1 aliphatic rings. The van der Waals surface area contributed by atoms with Crippen molar-refractivity contribution in [2.45, 2.75) is 39.0 Å². The maximum atomic E-state index is 12.3. The number of hydrogen-bond acceptors (Lipinski definition) is 3. The van der Waals surface area contributed by atoms with Gasteiger partial charge in [-0.15, -0.1) is 11.3 Å². The highest BCUT2D eigenvalue weighted by Crippen LogP contribution is 2.29. The number of fused-ring (bicyclic) bond motifs is 2. The van der Waals surface area contributed by atoms with Gasteiger partial charge in [0.25, 0.3) is 5.91 Å². The van der Waals surface area contributed by atoms with Crippen LogP contribution in [-0.4, -0.2) is 17.1 Å². The molecule has 4 rings (SSSR count). The largest absolute Gasteiger partial charge is 0.360 e. The van der Waals surface area contributed by atoms with Crippen LogP contribution in [0.1, 0.15) is 51.0 Å². The number of H-pyrrole nitrogens is 1. The minimum absolute atomic E-state index is 0.121. The molecule has 0 saturated heterocycles. The standard InChI is InChI=1S/C20H21N3OS/c1-2-13-7-5-8-16-15(11-21-19(13)16)12-22-23-20(24)18-10-14-6-3-4-9-17(14)25-18/h5,7-8,10-12,21H,2-4,6,9H2,1H3,(H,23,24). The second-order valence-corrected chi connectivity index (χ2v) is 7.54. The molecular formula is C20H21N3OS. The molecule has 25 heavy (non-hydrogen) atoms. The number of aromatic amines is 1. The molecule has 3 aromatic rings. The average molecular weight is 351 g/mol. The van der Waals surface area contributed by atoms with Crippen LogP contribution >= 0.6 is 11.3 Å². The lowest BCUT2D eigenvalue weighted by Gasteiger charge is -2.08. The van der Waals surface area contributed by atoms with Crippen LogP contribution in [0, 0.1) is 0 Å². The van der Waals surface area contributed by atoms with Crippen LogP contribution in [0.5, 0.6) is 0 Å². The molecule has 0 saturated carbocycles. The topological polar surface area (TPSA) is 57.2 Å². The van der Waals surface area contributed by atoms with E-state index in [1.807, 2.05) is 12.3 Å².